The SMILES string of the molecule is CN(C)N.Cc1ncnc2ccccc12. The maximum absolute atomic E-state index is 4.94. The first-order chi connectivity index (χ1) is 7.11. The Morgan fingerprint density at radius 2 is 1.73 bits per heavy atom. The molecule has 1 heterocycles. The molecule has 0 amide bonds. The third-order valence-corrected chi connectivity index (χ3v) is 1.74. The van der Waals surface area contributed by atoms with Gasteiger partial charge in [-0.05, 0) is 13.0 Å². The van der Waals surface area contributed by atoms with Gasteiger partial charge in [-0.15, -0.1) is 0 Å². The average molecular weight is 204 g/mol. The number of hydrazine groups is 1. The third kappa shape index (κ3) is 3.61. The van der Waals surface area contributed by atoms with E-state index in [0.717, 1.165) is 16.6 Å². The van der Waals surface area contributed by atoms with Crippen molar-refractivity contribution in [2.75, 3.05) is 14.1 Å². The van der Waals surface area contributed by atoms with Crippen LogP contribution >= 0.6 is 0 Å². The number of aryl methyl sites for hydroxylation is 1. The van der Waals surface area contributed by atoms with Gasteiger partial charge in [0, 0.05) is 25.2 Å². The molecule has 0 saturated carbocycles. The Balaban J connectivity index is 0.000000245. The number of fused-ring (bicyclic) bond motifs is 1. The van der Waals surface area contributed by atoms with Gasteiger partial charge in [-0.3, -0.25) is 10.9 Å². The fraction of sp³-hybridized carbons (Fsp3) is 0.273. The number of benzene rings is 1. The van der Waals surface area contributed by atoms with Crippen LogP contribution in [0, 0.1) is 6.92 Å². The lowest BCUT2D eigenvalue weighted by Crippen LogP contribution is -2.18. The van der Waals surface area contributed by atoms with Crippen LogP contribution in [-0.4, -0.2) is 29.1 Å². The zero-order chi connectivity index (χ0) is 11.3. The summed E-state index contributed by atoms with van der Waals surface area (Å²) in [5.74, 6) is 4.94. The van der Waals surface area contributed by atoms with Gasteiger partial charge in [0.1, 0.15) is 6.33 Å². The fourth-order valence-electron chi connectivity index (χ4n) is 1.14. The highest BCUT2D eigenvalue weighted by Gasteiger charge is 1.94. The Kier molecular flexibility index (Phi) is 4.15. The summed E-state index contributed by atoms with van der Waals surface area (Å²) in [6, 6.07) is 8.00. The van der Waals surface area contributed by atoms with Gasteiger partial charge in [0.2, 0.25) is 0 Å². The molecule has 0 radical (unpaired) electrons. The summed E-state index contributed by atoms with van der Waals surface area (Å²) >= 11 is 0. The Bertz CT molecular complexity index is 418. The second-order valence-electron chi connectivity index (χ2n) is 3.44. The Morgan fingerprint density at radius 3 is 2.33 bits per heavy atom. The van der Waals surface area contributed by atoms with Crippen LogP contribution in [0.2, 0.25) is 0 Å². The van der Waals surface area contributed by atoms with Gasteiger partial charge in [0.15, 0.2) is 0 Å². The molecule has 1 aromatic heterocycles. The van der Waals surface area contributed by atoms with Crippen LogP contribution in [0.25, 0.3) is 10.9 Å². The highest BCUT2D eigenvalue weighted by atomic mass is 15.4. The van der Waals surface area contributed by atoms with E-state index in [1.807, 2.05) is 31.2 Å². The number of aromatic nitrogens is 2. The lowest BCUT2D eigenvalue weighted by Gasteiger charge is -1.96. The van der Waals surface area contributed by atoms with E-state index >= 15 is 0 Å². The summed E-state index contributed by atoms with van der Waals surface area (Å²) < 4.78 is 0. The van der Waals surface area contributed by atoms with Crippen molar-refractivity contribution < 1.29 is 0 Å². The number of nitrogens with two attached hydrogens (primary N) is 1. The Morgan fingerprint density at radius 1 is 1.13 bits per heavy atom. The van der Waals surface area contributed by atoms with Crippen molar-refractivity contribution in [2.24, 2.45) is 5.84 Å². The molecule has 1 aromatic carbocycles. The standard InChI is InChI=1S/C9H8N2.C2H8N2/c1-7-8-4-2-3-5-9(8)11-6-10-7;1-4(2)3/h2-6H,1H3;3H2,1-2H3. The first-order valence-electron chi connectivity index (χ1n) is 4.69. The lowest BCUT2D eigenvalue weighted by molar-refractivity contribution is 0.432. The van der Waals surface area contributed by atoms with Crippen molar-refractivity contribution in [1.82, 2.24) is 15.0 Å². The molecule has 0 aliphatic rings. The largest absolute Gasteiger partial charge is 0.269 e. The summed E-state index contributed by atoms with van der Waals surface area (Å²) in [5, 5.41) is 2.63. The molecule has 0 aliphatic heterocycles. The molecule has 15 heavy (non-hydrogen) atoms. The molecule has 0 atom stereocenters. The molecular formula is C11H16N4. The molecule has 2 aromatic rings. The highest BCUT2D eigenvalue weighted by Crippen LogP contribution is 2.11. The van der Waals surface area contributed by atoms with Crippen LogP contribution in [0.4, 0.5) is 0 Å². The molecule has 0 saturated heterocycles. The summed E-state index contributed by atoms with van der Waals surface area (Å²) in [6.45, 7) is 1.99. The van der Waals surface area contributed by atoms with Crippen LogP contribution in [0.3, 0.4) is 0 Å². The minimum atomic E-state index is 1.01. The van der Waals surface area contributed by atoms with E-state index in [4.69, 9.17) is 5.84 Å². The van der Waals surface area contributed by atoms with Crippen molar-refractivity contribution in [2.45, 2.75) is 6.92 Å². The molecule has 0 fully saturated rings. The molecule has 0 spiro atoms. The predicted octanol–water partition coefficient (Wildman–Crippen LogP) is 1.36. The van der Waals surface area contributed by atoms with Gasteiger partial charge in [-0.2, -0.15) is 0 Å². The maximum Gasteiger partial charge on any atom is 0.116 e. The molecule has 2 rings (SSSR count). The maximum atomic E-state index is 4.94. The van der Waals surface area contributed by atoms with Crippen LogP contribution in [0.1, 0.15) is 5.69 Å². The van der Waals surface area contributed by atoms with Crippen LogP contribution in [0.15, 0.2) is 30.6 Å². The van der Waals surface area contributed by atoms with Gasteiger partial charge < -0.3 is 0 Å². The minimum absolute atomic E-state index is 1.01. The third-order valence-electron chi connectivity index (χ3n) is 1.74. The second-order valence-corrected chi connectivity index (χ2v) is 3.44. The average Bonchev–Trinajstić information content (AvgIpc) is 2.18. The van der Waals surface area contributed by atoms with Crippen LogP contribution < -0.4 is 5.84 Å². The Labute approximate surface area is 89.7 Å². The molecule has 4 heteroatoms. The topological polar surface area (TPSA) is 55.0 Å². The van der Waals surface area contributed by atoms with Crippen LogP contribution in [-0.2, 0) is 0 Å². The Hall–Kier alpha value is -1.52. The lowest BCUT2D eigenvalue weighted by atomic mass is 10.2. The number of rotatable bonds is 0. The molecule has 80 valence electrons. The summed E-state index contributed by atoms with van der Waals surface area (Å²) in [5.41, 5.74) is 2.05. The van der Waals surface area contributed by atoms with Gasteiger partial charge >= 0.3 is 0 Å². The monoisotopic (exact) mass is 204 g/mol. The molecular weight excluding hydrogens is 188 g/mol. The van der Waals surface area contributed by atoms with Crippen molar-refractivity contribution in [3.63, 3.8) is 0 Å². The first kappa shape index (κ1) is 11.6. The quantitative estimate of drug-likeness (QED) is 0.520. The van der Waals surface area contributed by atoms with E-state index in [-0.39, 0.29) is 0 Å². The second kappa shape index (κ2) is 5.38. The van der Waals surface area contributed by atoms with Crippen molar-refractivity contribution >= 4 is 10.9 Å². The fourth-order valence-corrected chi connectivity index (χ4v) is 1.14. The number of nitrogens with zero attached hydrogens (tertiary/aromatic N) is 3. The molecule has 0 bridgehead atoms. The van der Waals surface area contributed by atoms with E-state index in [1.54, 1.807) is 20.4 Å². The van der Waals surface area contributed by atoms with E-state index < -0.39 is 0 Å². The van der Waals surface area contributed by atoms with Gasteiger partial charge in [-0.25, -0.2) is 9.97 Å². The van der Waals surface area contributed by atoms with Crippen molar-refractivity contribution in [3.05, 3.63) is 36.3 Å². The summed E-state index contributed by atoms with van der Waals surface area (Å²) in [7, 11) is 3.56. The molecule has 2 N–H and O–H groups in total. The summed E-state index contributed by atoms with van der Waals surface area (Å²) in [6.07, 6.45) is 1.59. The molecule has 4 nitrogen and oxygen atoms in total. The smallest absolute Gasteiger partial charge is 0.116 e. The zero-order valence-corrected chi connectivity index (χ0v) is 9.31. The molecule has 0 aliphatic carbocycles. The van der Waals surface area contributed by atoms with Crippen LogP contribution in [0.5, 0.6) is 0 Å². The zero-order valence-electron chi connectivity index (χ0n) is 9.31. The number of para-hydroxylation sites is 1. The van der Waals surface area contributed by atoms with Gasteiger partial charge in [0.25, 0.3) is 0 Å². The minimum Gasteiger partial charge on any atom is -0.269 e. The summed E-state index contributed by atoms with van der Waals surface area (Å²) in [4.78, 5) is 8.23. The van der Waals surface area contributed by atoms with E-state index in [2.05, 4.69) is 9.97 Å². The van der Waals surface area contributed by atoms with Gasteiger partial charge in [0.05, 0.1) is 5.52 Å². The number of hydrogen-bond donors (Lipinski definition) is 1. The van der Waals surface area contributed by atoms with Crippen molar-refractivity contribution in [1.29, 1.82) is 0 Å². The highest BCUT2D eigenvalue weighted by molar-refractivity contribution is 5.80. The van der Waals surface area contributed by atoms with Crippen molar-refractivity contribution in [3.8, 4) is 0 Å². The van der Waals surface area contributed by atoms with E-state index in [0.29, 0.717) is 0 Å². The first-order valence-corrected chi connectivity index (χ1v) is 4.69. The molecule has 0 unspecified atom stereocenters. The van der Waals surface area contributed by atoms with E-state index in [9.17, 15) is 0 Å². The van der Waals surface area contributed by atoms with E-state index in [1.165, 1.54) is 5.01 Å². The normalized spacial score (nSPS) is 9.93. The number of hydrogen-bond acceptors (Lipinski definition) is 4. The predicted molar refractivity (Wildman–Crippen MR) is 62.1 cm³/mol. The van der Waals surface area contributed by atoms with Gasteiger partial charge in [-0.1, -0.05) is 18.2 Å².